The minimum absolute atomic E-state index is 0.119. The van der Waals surface area contributed by atoms with E-state index in [1.165, 1.54) is 33.0 Å². The fourth-order valence-electron chi connectivity index (χ4n) is 8.10. The molecule has 6 heteroatoms. The summed E-state index contributed by atoms with van der Waals surface area (Å²) in [5.41, 5.74) is 10.4. The number of rotatable bonds is 7. The van der Waals surface area contributed by atoms with Crippen molar-refractivity contribution in [1.29, 1.82) is 0 Å². The number of oxazole rings is 1. The van der Waals surface area contributed by atoms with Crippen molar-refractivity contribution in [2.75, 3.05) is 11.4 Å². The normalized spacial score (nSPS) is 17.2. The molecule has 7 aromatic rings. The van der Waals surface area contributed by atoms with Gasteiger partial charge in [0, 0.05) is 30.7 Å². The Labute approximate surface area is 304 Å². The number of fused-ring (bicyclic) bond motifs is 4. The molecular weight excluding hydrogens is 641 g/mol. The number of ether oxygens (including phenoxy) is 1. The third-order valence-corrected chi connectivity index (χ3v) is 10.4. The molecule has 0 N–H and O–H groups in total. The molecule has 0 saturated carbocycles. The molecule has 4 aromatic carbocycles. The third kappa shape index (κ3) is 5.65. The van der Waals surface area contributed by atoms with Gasteiger partial charge in [0.2, 0.25) is 11.5 Å². The van der Waals surface area contributed by atoms with Gasteiger partial charge in [0.1, 0.15) is 6.54 Å². The van der Waals surface area contributed by atoms with Crippen LogP contribution in [0.5, 0.6) is 5.75 Å². The maximum atomic E-state index is 6.51. The lowest BCUT2D eigenvalue weighted by Crippen LogP contribution is -2.34. The van der Waals surface area contributed by atoms with Crippen LogP contribution in [0.4, 0.5) is 5.69 Å². The summed E-state index contributed by atoms with van der Waals surface area (Å²) in [6.07, 6.45) is 17.3. The van der Waals surface area contributed by atoms with E-state index < -0.39 is 0 Å². The highest BCUT2D eigenvalue weighted by Gasteiger charge is 2.28. The predicted molar refractivity (Wildman–Crippen MR) is 212 cm³/mol. The summed E-state index contributed by atoms with van der Waals surface area (Å²) in [7, 11) is 0. The van der Waals surface area contributed by atoms with Crippen LogP contribution >= 0.6 is 0 Å². The molecule has 0 spiro atoms. The number of hydrogen-bond donors (Lipinski definition) is 0. The number of anilines is 1. The Morgan fingerprint density at radius 2 is 1.48 bits per heavy atom. The molecule has 0 fully saturated rings. The molecule has 3 aromatic heterocycles. The molecule has 4 heterocycles. The molecule has 258 valence electrons. The van der Waals surface area contributed by atoms with Crippen LogP contribution < -0.4 is 14.2 Å². The fourth-order valence-corrected chi connectivity index (χ4v) is 8.10. The first kappa shape index (κ1) is 31.9. The van der Waals surface area contributed by atoms with Gasteiger partial charge >= 0.3 is 5.89 Å². The molecule has 0 radical (unpaired) electrons. The molecular formula is C46H43N4O2+. The average Bonchev–Trinajstić information content (AvgIpc) is 3.92. The number of aromatic nitrogens is 3. The average molecular weight is 684 g/mol. The van der Waals surface area contributed by atoms with Crippen molar-refractivity contribution in [3.63, 3.8) is 0 Å². The molecule has 52 heavy (non-hydrogen) atoms. The predicted octanol–water partition coefficient (Wildman–Crippen LogP) is 11.1. The second kappa shape index (κ2) is 12.6. The Bertz CT molecular complexity index is 2620. The number of allylic oxidation sites excluding steroid dienone is 6. The molecule has 0 amide bonds. The van der Waals surface area contributed by atoms with Gasteiger partial charge in [-0.1, -0.05) is 68.5 Å². The molecule has 1 aliphatic carbocycles. The standard InChI is InChI=1S/C46H43N4O2/c1-5-47-40-28-36(49-24-22-34-13-7-9-15-38(34)49)18-20-42(40)51-44(47)17-11-12-32-26-33(31-46(3,4)30-32)27-45-48(6-2)41-29-37(19-21-43(41)52-45)50-25-23-35-14-8-10-16-39(35)50/h7-29H,5-6,30-31H2,1-4H3/q+1. The number of nitrogens with zero attached hydrogens (tertiary/aromatic N) is 4. The lowest BCUT2D eigenvalue weighted by Gasteiger charge is -2.30. The van der Waals surface area contributed by atoms with Crippen LogP contribution in [-0.2, 0) is 6.54 Å². The van der Waals surface area contributed by atoms with Crippen molar-refractivity contribution in [2.45, 2.75) is 47.1 Å². The minimum atomic E-state index is 0.119. The topological polar surface area (TPSA) is 39.4 Å². The third-order valence-electron chi connectivity index (χ3n) is 10.4. The van der Waals surface area contributed by atoms with Crippen LogP contribution in [0.3, 0.4) is 0 Å². The van der Waals surface area contributed by atoms with Crippen molar-refractivity contribution in [3.05, 3.63) is 157 Å². The molecule has 0 saturated heterocycles. The highest BCUT2D eigenvalue weighted by Crippen LogP contribution is 2.42. The van der Waals surface area contributed by atoms with Crippen molar-refractivity contribution in [1.82, 2.24) is 9.13 Å². The quantitative estimate of drug-likeness (QED) is 0.157. The number of benzene rings is 4. The molecule has 2 aliphatic rings. The van der Waals surface area contributed by atoms with E-state index >= 15 is 0 Å². The lowest BCUT2D eigenvalue weighted by atomic mass is 9.75. The van der Waals surface area contributed by atoms with E-state index in [1.807, 2.05) is 0 Å². The van der Waals surface area contributed by atoms with Gasteiger partial charge in [-0.05, 0) is 115 Å². The summed E-state index contributed by atoms with van der Waals surface area (Å²) in [6, 6.07) is 34.2. The van der Waals surface area contributed by atoms with Crippen molar-refractivity contribution < 1.29 is 13.7 Å². The van der Waals surface area contributed by atoms with E-state index in [0.29, 0.717) is 0 Å². The molecule has 6 nitrogen and oxygen atoms in total. The smallest absolute Gasteiger partial charge is 0.374 e. The van der Waals surface area contributed by atoms with Gasteiger partial charge in [-0.25, -0.2) is 0 Å². The van der Waals surface area contributed by atoms with Crippen LogP contribution in [0.25, 0.3) is 50.4 Å². The first-order valence-corrected chi connectivity index (χ1v) is 18.4. The molecule has 0 bridgehead atoms. The van der Waals surface area contributed by atoms with Gasteiger partial charge in [0.15, 0.2) is 5.75 Å². The second-order valence-electron chi connectivity index (χ2n) is 14.6. The van der Waals surface area contributed by atoms with E-state index in [0.717, 1.165) is 71.6 Å². The van der Waals surface area contributed by atoms with Gasteiger partial charge in [-0.2, -0.15) is 4.57 Å². The SMILES string of the molecule is CCN1/C(=C/C=C/C2=CC(=C/c3oc4ccc(-n5ccc6ccccc65)cc4[n+]3CC)/CC(C)(C)C2)Oc2ccc(-n3ccc4ccccc43)cc21. The fraction of sp³-hybridized carbons (Fsp3) is 0.196. The van der Waals surface area contributed by atoms with E-state index in [1.54, 1.807) is 0 Å². The van der Waals surface area contributed by atoms with Crippen molar-refractivity contribution >= 4 is 44.7 Å². The number of hydrogen-bond acceptors (Lipinski definition) is 3. The van der Waals surface area contributed by atoms with Gasteiger partial charge in [-0.15, -0.1) is 0 Å². The zero-order valence-corrected chi connectivity index (χ0v) is 30.2. The van der Waals surface area contributed by atoms with E-state index in [9.17, 15) is 0 Å². The number of para-hydroxylation sites is 2. The number of aryl methyl sites for hydroxylation is 1. The van der Waals surface area contributed by atoms with Crippen molar-refractivity contribution in [2.24, 2.45) is 5.41 Å². The van der Waals surface area contributed by atoms with Crippen LogP contribution in [-0.4, -0.2) is 15.7 Å². The minimum Gasteiger partial charge on any atom is -0.439 e. The Hall–Kier alpha value is -6.01. The molecule has 9 rings (SSSR count). The first-order chi connectivity index (χ1) is 25.4. The van der Waals surface area contributed by atoms with E-state index in [2.05, 4.69) is 186 Å². The second-order valence-corrected chi connectivity index (χ2v) is 14.6. The highest BCUT2D eigenvalue weighted by atomic mass is 16.5. The molecule has 0 unspecified atom stereocenters. The first-order valence-electron chi connectivity index (χ1n) is 18.4. The summed E-state index contributed by atoms with van der Waals surface area (Å²) in [4.78, 5) is 2.24. The van der Waals surface area contributed by atoms with Crippen LogP contribution in [0.2, 0.25) is 0 Å². The van der Waals surface area contributed by atoms with Gasteiger partial charge in [-0.3, -0.25) is 0 Å². The summed E-state index contributed by atoms with van der Waals surface area (Å²) in [5.74, 6) is 2.60. The van der Waals surface area contributed by atoms with Gasteiger partial charge in [0.05, 0.1) is 28.5 Å². The summed E-state index contributed by atoms with van der Waals surface area (Å²) >= 11 is 0. The monoisotopic (exact) mass is 683 g/mol. The van der Waals surface area contributed by atoms with E-state index in [-0.39, 0.29) is 5.41 Å². The Balaban J connectivity index is 0.992. The zero-order valence-electron chi connectivity index (χ0n) is 30.2. The maximum Gasteiger partial charge on any atom is 0.374 e. The summed E-state index contributed by atoms with van der Waals surface area (Å²) in [5, 5.41) is 2.46. The lowest BCUT2D eigenvalue weighted by molar-refractivity contribution is -0.674. The largest absolute Gasteiger partial charge is 0.439 e. The Kier molecular flexibility index (Phi) is 7.76. The van der Waals surface area contributed by atoms with Gasteiger partial charge < -0.3 is 23.2 Å². The van der Waals surface area contributed by atoms with Crippen LogP contribution in [0.15, 0.2) is 155 Å². The highest BCUT2D eigenvalue weighted by molar-refractivity contribution is 5.84. The van der Waals surface area contributed by atoms with Gasteiger partial charge in [0.25, 0.3) is 5.52 Å². The maximum absolute atomic E-state index is 6.51. The summed E-state index contributed by atoms with van der Waals surface area (Å²) < 4.78 is 19.7. The van der Waals surface area contributed by atoms with Crippen LogP contribution in [0.1, 0.15) is 46.4 Å². The zero-order chi connectivity index (χ0) is 35.4. The van der Waals surface area contributed by atoms with E-state index in [4.69, 9.17) is 9.15 Å². The molecule has 1 aliphatic heterocycles. The van der Waals surface area contributed by atoms with Crippen LogP contribution in [0, 0.1) is 5.41 Å². The Morgan fingerprint density at radius 3 is 2.19 bits per heavy atom. The summed E-state index contributed by atoms with van der Waals surface area (Å²) in [6.45, 7) is 10.7. The molecule has 0 atom stereocenters. The van der Waals surface area contributed by atoms with Crippen molar-refractivity contribution in [3.8, 4) is 17.1 Å². The Morgan fingerprint density at radius 1 is 0.788 bits per heavy atom.